The fourth-order valence-corrected chi connectivity index (χ4v) is 2.29. The minimum absolute atomic E-state index is 0.0315. The number of methoxy groups -OCH3 is 1. The van der Waals surface area contributed by atoms with Gasteiger partial charge in [0, 0.05) is 4.47 Å². The molecular weight excluding hydrogens is 372 g/mol. The zero-order valence-electron chi connectivity index (χ0n) is 12.6. The number of ether oxygens (including phenoxy) is 2. The molecule has 0 unspecified atom stereocenters. The lowest BCUT2D eigenvalue weighted by atomic mass is 10.1. The van der Waals surface area contributed by atoms with Crippen LogP contribution in [0.5, 0.6) is 11.5 Å². The molecule has 2 aromatic rings. The Hall–Kier alpha value is -3.09. The van der Waals surface area contributed by atoms with E-state index in [1.165, 1.54) is 13.2 Å². The second kappa shape index (κ2) is 7.96. The number of hydrogen-bond donors (Lipinski definition) is 0. The molecule has 2 aromatic carbocycles. The largest absolute Gasteiger partial charge is 0.493 e. The van der Waals surface area contributed by atoms with E-state index in [1.54, 1.807) is 54.6 Å². The number of esters is 1. The van der Waals surface area contributed by atoms with Crippen molar-refractivity contribution in [1.29, 1.82) is 10.5 Å². The monoisotopic (exact) mass is 382 g/mol. The van der Waals surface area contributed by atoms with Crippen molar-refractivity contribution in [3.05, 3.63) is 63.6 Å². The molecule has 0 saturated carbocycles. The van der Waals surface area contributed by atoms with Gasteiger partial charge in [0.15, 0.2) is 11.5 Å². The van der Waals surface area contributed by atoms with E-state index in [0.717, 1.165) is 4.47 Å². The van der Waals surface area contributed by atoms with Gasteiger partial charge in [-0.15, -0.1) is 0 Å². The van der Waals surface area contributed by atoms with Crippen LogP contribution in [0.4, 0.5) is 0 Å². The molecule has 0 aromatic heterocycles. The molecule has 0 aliphatic rings. The Morgan fingerprint density at radius 2 is 1.88 bits per heavy atom. The summed E-state index contributed by atoms with van der Waals surface area (Å²) in [7, 11) is 1.44. The molecule has 0 atom stereocenters. The summed E-state index contributed by atoms with van der Waals surface area (Å²) in [6, 6.07) is 15.1. The average molecular weight is 383 g/mol. The Balaban J connectivity index is 2.29. The van der Waals surface area contributed by atoms with E-state index in [-0.39, 0.29) is 11.3 Å². The van der Waals surface area contributed by atoms with Crippen LogP contribution in [0.3, 0.4) is 0 Å². The smallest absolute Gasteiger partial charge is 0.343 e. The minimum atomic E-state index is -0.521. The van der Waals surface area contributed by atoms with Crippen molar-refractivity contribution in [2.75, 3.05) is 7.11 Å². The van der Waals surface area contributed by atoms with Gasteiger partial charge in [-0.3, -0.25) is 0 Å². The second-order valence-electron chi connectivity index (χ2n) is 4.59. The molecule has 0 spiro atoms. The third-order valence-corrected chi connectivity index (χ3v) is 3.50. The quantitative estimate of drug-likeness (QED) is 0.451. The molecule has 0 fully saturated rings. The molecule has 6 heteroatoms. The first kappa shape index (κ1) is 17.3. The molecule has 0 heterocycles. The normalized spacial score (nSPS) is 9.33. The first-order valence-electron chi connectivity index (χ1n) is 6.75. The number of benzene rings is 2. The molecule has 0 bridgehead atoms. The molecule has 0 saturated heterocycles. The number of nitrogens with zero attached hydrogens (tertiary/aromatic N) is 2. The van der Waals surface area contributed by atoms with Gasteiger partial charge < -0.3 is 9.47 Å². The predicted octanol–water partition coefficient (Wildman–Crippen LogP) is 4.11. The van der Waals surface area contributed by atoms with Gasteiger partial charge in [-0.1, -0.05) is 28.1 Å². The van der Waals surface area contributed by atoms with E-state index in [1.807, 2.05) is 0 Å². The lowest BCUT2D eigenvalue weighted by Gasteiger charge is -2.10. The zero-order chi connectivity index (χ0) is 17.5. The van der Waals surface area contributed by atoms with Crippen LogP contribution >= 0.6 is 15.9 Å². The highest BCUT2D eigenvalue weighted by Gasteiger charge is 2.13. The van der Waals surface area contributed by atoms with Gasteiger partial charge in [-0.2, -0.15) is 10.5 Å². The van der Waals surface area contributed by atoms with Crippen molar-refractivity contribution >= 4 is 28.0 Å². The topological polar surface area (TPSA) is 83.1 Å². The Bertz CT molecular complexity index is 876. The predicted molar refractivity (Wildman–Crippen MR) is 91.3 cm³/mol. The van der Waals surface area contributed by atoms with Gasteiger partial charge in [0.1, 0.15) is 17.7 Å². The fourth-order valence-electron chi connectivity index (χ4n) is 1.89. The van der Waals surface area contributed by atoms with E-state index in [4.69, 9.17) is 20.0 Å². The Kier molecular flexibility index (Phi) is 5.73. The van der Waals surface area contributed by atoms with Crippen molar-refractivity contribution in [2.24, 2.45) is 0 Å². The first-order valence-corrected chi connectivity index (χ1v) is 7.54. The van der Waals surface area contributed by atoms with E-state index in [0.29, 0.717) is 16.9 Å². The molecular formula is C18H11BrN2O3. The number of rotatable bonds is 4. The van der Waals surface area contributed by atoms with Crippen molar-refractivity contribution in [3.8, 4) is 23.6 Å². The van der Waals surface area contributed by atoms with Crippen LogP contribution in [0.1, 0.15) is 15.9 Å². The maximum absolute atomic E-state index is 12.2. The van der Waals surface area contributed by atoms with Gasteiger partial charge in [-0.25, -0.2) is 4.79 Å². The number of carbonyl (C=O) groups is 1. The van der Waals surface area contributed by atoms with Gasteiger partial charge in [0.25, 0.3) is 0 Å². The summed E-state index contributed by atoms with van der Waals surface area (Å²) in [5.41, 5.74) is 0.954. The van der Waals surface area contributed by atoms with Crippen molar-refractivity contribution < 1.29 is 14.3 Å². The summed E-state index contributed by atoms with van der Waals surface area (Å²) in [4.78, 5) is 12.2. The van der Waals surface area contributed by atoms with Crippen LogP contribution in [-0.2, 0) is 0 Å². The number of halogens is 1. The summed E-state index contributed by atoms with van der Waals surface area (Å²) in [5.74, 6) is 0.0463. The van der Waals surface area contributed by atoms with E-state index in [9.17, 15) is 4.79 Å². The molecule has 2 rings (SSSR count). The Morgan fingerprint density at radius 1 is 1.12 bits per heavy atom. The highest BCUT2D eigenvalue weighted by Crippen LogP contribution is 2.29. The maximum Gasteiger partial charge on any atom is 0.343 e. The van der Waals surface area contributed by atoms with Crippen LogP contribution in [0.15, 0.2) is 52.5 Å². The highest BCUT2D eigenvalue weighted by atomic mass is 79.9. The molecule has 0 amide bonds. The van der Waals surface area contributed by atoms with Crippen LogP contribution in [0.2, 0.25) is 0 Å². The first-order chi connectivity index (χ1) is 11.6. The number of allylic oxidation sites excluding steroid dienone is 1. The SMILES string of the molecule is COc1cc(C=C(C#N)C#N)ccc1OC(=O)c1cccc(Br)c1. The van der Waals surface area contributed by atoms with Crippen LogP contribution in [0, 0.1) is 22.7 Å². The summed E-state index contributed by atoms with van der Waals surface area (Å²) < 4.78 is 11.3. The molecule has 0 aliphatic heterocycles. The molecule has 118 valence electrons. The fraction of sp³-hybridized carbons (Fsp3) is 0.0556. The van der Waals surface area contributed by atoms with Crippen LogP contribution in [-0.4, -0.2) is 13.1 Å². The molecule has 0 aliphatic carbocycles. The average Bonchev–Trinajstić information content (AvgIpc) is 2.60. The minimum Gasteiger partial charge on any atom is -0.493 e. The summed E-state index contributed by atoms with van der Waals surface area (Å²) in [6.07, 6.45) is 1.42. The third kappa shape index (κ3) is 4.22. The van der Waals surface area contributed by atoms with E-state index in [2.05, 4.69) is 15.9 Å². The lowest BCUT2D eigenvalue weighted by Crippen LogP contribution is -2.09. The molecule has 5 nitrogen and oxygen atoms in total. The van der Waals surface area contributed by atoms with Gasteiger partial charge >= 0.3 is 5.97 Å². The van der Waals surface area contributed by atoms with Crippen molar-refractivity contribution in [2.45, 2.75) is 0 Å². The van der Waals surface area contributed by atoms with Crippen LogP contribution < -0.4 is 9.47 Å². The number of carbonyl (C=O) groups excluding carboxylic acids is 1. The summed E-state index contributed by atoms with van der Waals surface area (Å²) in [5, 5.41) is 17.6. The van der Waals surface area contributed by atoms with Crippen molar-refractivity contribution in [3.63, 3.8) is 0 Å². The molecule has 24 heavy (non-hydrogen) atoms. The van der Waals surface area contributed by atoms with Gasteiger partial charge in [0.05, 0.1) is 12.7 Å². The van der Waals surface area contributed by atoms with E-state index < -0.39 is 5.97 Å². The third-order valence-electron chi connectivity index (χ3n) is 3.00. The summed E-state index contributed by atoms with van der Waals surface area (Å²) in [6.45, 7) is 0. The lowest BCUT2D eigenvalue weighted by molar-refractivity contribution is 0.0729. The molecule has 0 radical (unpaired) electrons. The summed E-state index contributed by atoms with van der Waals surface area (Å²) >= 11 is 3.30. The zero-order valence-corrected chi connectivity index (χ0v) is 14.2. The Labute approximate surface area is 147 Å². The maximum atomic E-state index is 12.2. The van der Waals surface area contributed by atoms with E-state index >= 15 is 0 Å². The second-order valence-corrected chi connectivity index (χ2v) is 5.51. The Morgan fingerprint density at radius 3 is 2.50 bits per heavy atom. The highest BCUT2D eigenvalue weighted by molar-refractivity contribution is 9.10. The van der Waals surface area contributed by atoms with Crippen molar-refractivity contribution in [1.82, 2.24) is 0 Å². The standard InChI is InChI=1S/C18H11BrN2O3/c1-23-17-8-12(7-13(10-20)11-21)5-6-16(17)24-18(22)14-3-2-4-15(19)9-14/h2-9H,1H3. The number of hydrogen-bond acceptors (Lipinski definition) is 5. The van der Waals surface area contributed by atoms with Gasteiger partial charge in [0.2, 0.25) is 0 Å². The van der Waals surface area contributed by atoms with Gasteiger partial charge in [-0.05, 0) is 42.0 Å². The van der Waals surface area contributed by atoms with Crippen LogP contribution in [0.25, 0.3) is 6.08 Å². The number of nitriles is 2. The molecule has 0 N–H and O–H groups in total.